The van der Waals surface area contributed by atoms with E-state index in [1.165, 1.54) is 38.5 Å². The Labute approximate surface area is 178 Å². The Morgan fingerprint density at radius 1 is 1.00 bits per heavy atom. The molecule has 164 valence electrons. The monoisotopic (exact) mass is 400 g/mol. The molecule has 0 aromatic rings. The predicted octanol–water partition coefficient (Wildman–Crippen LogP) is 6.71. The van der Waals surface area contributed by atoms with Crippen molar-refractivity contribution in [3.8, 4) is 0 Å². The molecule has 0 aromatic carbocycles. The first-order valence-corrected chi connectivity index (χ1v) is 12.4. The van der Waals surface area contributed by atoms with Crippen molar-refractivity contribution >= 4 is 6.29 Å². The fourth-order valence-corrected chi connectivity index (χ4v) is 9.16. The lowest BCUT2D eigenvalue weighted by Gasteiger charge is -2.62. The molecule has 2 heteroatoms. The molecular weight excluding hydrogens is 356 g/mol. The van der Waals surface area contributed by atoms with E-state index >= 15 is 0 Å². The average molecular weight is 401 g/mol. The van der Waals surface area contributed by atoms with Crippen LogP contribution in [-0.2, 0) is 4.79 Å². The Morgan fingerprint density at radius 2 is 1.72 bits per heavy atom. The maximum atomic E-state index is 11.0. The van der Waals surface area contributed by atoms with Gasteiger partial charge in [0.2, 0.25) is 0 Å². The van der Waals surface area contributed by atoms with E-state index in [1.54, 1.807) is 5.57 Å². The van der Waals surface area contributed by atoms with E-state index in [0.717, 1.165) is 37.9 Å². The van der Waals surface area contributed by atoms with Crippen LogP contribution in [0.4, 0.5) is 0 Å². The summed E-state index contributed by atoms with van der Waals surface area (Å²) in [7, 11) is 0. The number of aldehydes is 1. The van der Waals surface area contributed by atoms with Crippen molar-refractivity contribution in [2.45, 2.75) is 112 Å². The zero-order chi connectivity index (χ0) is 21.2. The summed E-state index contributed by atoms with van der Waals surface area (Å²) in [5, 5.41) is 10.8. The molecule has 0 aromatic heterocycles. The van der Waals surface area contributed by atoms with Gasteiger partial charge in [-0.25, -0.2) is 0 Å². The minimum absolute atomic E-state index is 0.0226. The minimum Gasteiger partial charge on any atom is -0.393 e. The molecule has 0 unspecified atom stereocenters. The molecule has 0 saturated heterocycles. The molecule has 4 rings (SSSR count). The molecule has 0 radical (unpaired) electrons. The second-order valence-electron chi connectivity index (χ2n) is 12.5. The normalized spacial score (nSPS) is 47.2. The van der Waals surface area contributed by atoms with E-state index in [2.05, 4.69) is 41.5 Å². The number of hydrogen-bond acceptors (Lipinski definition) is 2. The first kappa shape index (κ1) is 21.6. The van der Waals surface area contributed by atoms with Crippen molar-refractivity contribution in [3.63, 3.8) is 0 Å². The van der Waals surface area contributed by atoms with Crippen molar-refractivity contribution in [3.05, 3.63) is 11.1 Å². The van der Waals surface area contributed by atoms with Crippen molar-refractivity contribution in [2.75, 3.05) is 0 Å². The van der Waals surface area contributed by atoms with Crippen LogP contribution in [0.15, 0.2) is 11.1 Å². The fourth-order valence-electron chi connectivity index (χ4n) is 9.16. The predicted molar refractivity (Wildman–Crippen MR) is 120 cm³/mol. The van der Waals surface area contributed by atoms with Gasteiger partial charge in [-0.3, -0.25) is 0 Å². The van der Waals surface area contributed by atoms with Crippen molar-refractivity contribution in [1.82, 2.24) is 0 Å². The number of aliphatic hydroxyl groups excluding tert-OH is 1. The van der Waals surface area contributed by atoms with Crippen LogP contribution >= 0.6 is 0 Å². The topological polar surface area (TPSA) is 37.3 Å². The molecule has 2 saturated carbocycles. The zero-order valence-corrected chi connectivity index (χ0v) is 19.8. The van der Waals surface area contributed by atoms with Gasteiger partial charge >= 0.3 is 0 Å². The van der Waals surface area contributed by atoms with Gasteiger partial charge in [-0.05, 0) is 97.2 Å². The van der Waals surface area contributed by atoms with Gasteiger partial charge in [-0.1, -0.05) is 52.7 Å². The van der Waals surface area contributed by atoms with Crippen LogP contribution in [0.5, 0.6) is 0 Å². The van der Waals surface area contributed by atoms with Gasteiger partial charge in [0.25, 0.3) is 0 Å². The molecule has 0 amide bonds. The average Bonchev–Trinajstić information content (AvgIpc) is 2.95. The van der Waals surface area contributed by atoms with Gasteiger partial charge in [0.1, 0.15) is 6.29 Å². The van der Waals surface area contributed by atoms with E-state index in [0.29, 0.717) is 22.7 Å². The summed E-state index contributed by atoms with van der Waals surface area (Å²) >= 11 is 0. The van der Waals surface area contributed by atoms with Gasteiger partial charge in [-0.15, -0.1) is 0 Å². The number of aliphatic hydroxyl groups is 1. The number of hydrogen-bond donors (Lipinski definition) is 1. The summed E-state index contributed by atoms with van der Waals surface area (Å²) < 4.78 is 0. The van der Waals surface area contributed by atoms with Gasteiger partial charge < -0.3 is 9.90 Å². The second-order valence-corrected chi connectivity index (χ2v) is 12.5. The maximum absolute atomic E-state index is 11.0. The lowest BCUT2D eigenvalue weighted by atomic mass is 9.43. The van der Waals surface area contributed by atoms with Gasteiger partial charge in [-0.2, -0.15) is 0 Å². The van der Waals surface area contributed by atoms with Crippen LogP contribution in [0, 0.1) is 39.4 Å². The Balaban J connectivity index is 1.71. The van der Waals surface area contributed by atoms with E-state index in [-0.39, 0.29) is 16.9 Å². The molecule has 0 spiro atoms. The third-order valence-electron chi connectivity index (χ3n) is 11.2. The third kappa shape index (κ3) is 2.80. The Hall–Kier alpha value is -0.630. The van der Waals surface area contributed by atoms with E-state index in [4.69, 9.17) is 0 Å². The summed E-state index contributed by atoms with van der Waals surface area (Å²) in [6, 6.07) is 0. The second kappa shape index (κ2) is 6.94. The fraction of sp³-hybridized carbons (Fsp3) is 0.889. The molecule has 4 aliphatic rings. The van der Waals surface area contributed by atoms with Crippen LogP contribution in [0.3, 0.4) is 0 Å². The number of rotatable bonds is 4. The summed E-state index contributed by atoms with van der Waals surface area (Å²) in [5.74, 6) is 2.00. The minimum atomic E-state index is -0.151. The first-order chi connectivity index (χ1) is 13.5. The smallest absolute Gasteiger partial charge is 0.120 e. The van der Waals surface area contributed by atoms with Gasteiger partial charge in [0.15, 0.2) is 0 Å². The molecule has 0 heterocycles. The highest BCUT2D eigenvalue weighted by molar-refractivity contribution is 5.49. The summed E-state index contributed by atoms with van der Waals surface area (Å²) in [4.78, 5) is 11.0. The van der Waals surface area contributed by atoms with E-state index < -0.39 is 0 Å². The van der Waals surface area contributed by atoms with E-state index in [1.807, 2.05) is 5.57 Å². The SMILES string of the molecule is C[C@H](CCC=O)[C@H]1CC[C@@]2(C)C3=C(CC[C@]12C)[C@@]1(C)CC[C@H](O)C(C)(C)[C@@H]1CC3. The largest absolute Gasteiger partial charge is 0.393 e. The van der Waals surface area contributed by atoms with Crippen LogP contribution in [0.1, 0.15) is 106 Å². The Kier molecular flexibility index (Phi) is 5.17. The highest BCUT2D eigenvalue weighted by atomic mass is 16.3. The molecule has 2 nitrogen and oxygen atoms in total. The molecule has 0 aliphatic heterocycles. The van der Waals surface area contributed by atoms with E-state index in [9.17, 15) is 9.90 Å². The first-order valence-electron chi connectivity index (χ1n) is 12.4. The van der Waals surface area contributed by atoms with Crippen LogP contribution in [0.25, 0.3) is 0 Å². The molecule has 4 aliphatic carbocycles. The summed E-state index contributed by atoms with van der Waals surface area (Å²) in [5.41, 5.74) is 4.63. The van der Waals surface area contributed by atoms with Crippen molar-refractivity contribution < 1.29 is 9.90 Å². The summed E-state index contributed by atoms with van der Waals surface area (Å²) in [6.07, 6.45) is 12.6. The van der Waals surface area contributed by atoms with Crippen molar-refractivity contribution in [1.29, 1.82) is 0 Å². The molecule has 0 bridgehead atoms. The third-order valence-corrected chi connectivity index (χ3v) is 11.2. The van der Waals surface area contributed by atoms with Crippen LogP contribution in [0.2, 0.25) is 0 Å². The number of carbonyl (C=O) groups is 1. The zero-order valence-electron chi connectivity index (χ0n) is 19.8. The Morgan fingerprint density at radius 3 is 2.41 bits per heavy atom. The van der Waals surface area contributed by atoms with Gasteiger partial charge in [0.05, 0.1) is 6.10 Å². The van der Waals surface area contributed by atoms with Gasteiger partial charge in [0, 0.05) is 6.42 Å². The highest BCUT2D eigenvalue weighted by Gasteiger charge is 2.63. The molecule has 2 fully saturated rings. The summed E-state index contributed by atoms with van der Waals surface area (Å²) in [6.45, 7) is 14.8. The van der Waals surface area contributed by atoms with Crippen molar-refractivity contribution in [2.24, 2.45) is 39.4 Å². The molecule has 29 heavy (non-hydrogen) atoms. The van der Waals surface area contributed by atoms with Crippen LogP contribution in [-0.4, -0.2) is 17.5 Å². The lowest BCUT2D eigenvalue weighted by molar-refractivity contribution is -0.108. The number of carbonyl (C=O) groups excluding carboxylic acids is 1. The molecular formula is C27H44O2. The maximum Gasteiger partial charge on any atom is 0.120 e. The Bertz CT molecular complexity index is 705. The molecule has 7 atom stereocenters. The lowest BCUT2D eigenvalue weighted by Crippen LogP contribution is -2.55. The highest BCUT2D eigenvalue weighted by Crippen LogP contribution is 2.72. The number of allylic oxidation sites excluding steroid dienone is 2. The standard InChI is InChI=1S/C27H44O2/c1-18(8-7-17-28)19-11-15-27(6)21-9-10-22-24(2,3)23(29)13-14-25(22,4)20(21)12-16-26(19,27)5/h17-19,22-23,29H,7-16H2,1-6H3/t18-,19-,22+,23+,25-,26-,27+/m1/s1. The molecule has 1 N–H and O–H groups in total. The quantitative estimate of drug-likeness (QED) is 0.420. The number of fused-ring (bicyclic) bond motifs is 4. The van der Waals surface area contributed by atoms with Crippen LogP contribution < -0.4 is 0 Å².